The molecule has 1 aromatic heterocycles. The molecule has 0 radical (unpaired) electrons. The Morgan fingerprint density at radius 2 is 1.90 bits per heavy atom. The van der Waals surface area contributed by atoms with Crippen LogP contribution in [0.4, 0.5) is 5.69 Å². The molecule has 0 bridgehead atoms. The molecule has 0 saturated heterocycles. The Labute approximate surface area is 177 Å². The fourth-order valence-electron chi connectivity index (χ4n) is 3.90. The summed E-state index contributed by atoms with van der Waals surface area (Å²) in [5, 5.41) is 7.72. The highest BCUT2D eigenvalue weighted by molar-refractivity contribution is 5.95. The van der Waals surface area contributed by atoms with E-state index in [1.807, 2.05) is 36.7 Å². The van der Waals surface area contributed by atoms with Crippen LogP contribution in [0.3, 0.4) is 0 Å². The quantitative estimate of drug-likeness (QED) is 0.672. The van der Waals surface area contributed by atoms with Crippen molar-refractivity contribution in [3.63, 3.8) is 0 Å². The summed E-state index contributed by atoms with van der Waals surface area (Å²) in [7, 11) is 0. The molecule has 4 rings (SSSR count). The number of fused-ring (bicyclic) bond motifs is 1. The zero-order valence-corrected chi connectivity index (χ0v) is 18.0. The molecular weight excluding hydrogens is 374 g/mol. The Bertz CT molecular complexity index is 1030. The van der Waals surface area contributed by atoms with Crippen molar-refractivity contribution >= 4 is 11.6 Å². The first kappa shape index (κ1) is 20.1. The van der Waals surface area contributed by atoms with Gasteiger partial charge in [-0.2, -0.15) is 5.10 Å². The van der Waals surface area contributed by atoms with E-state index in [0.29, 0.717) is 5.56 Å². The fraction of sp³-hybridized carbons (Fsp3) is 0.375. The Balaban J connectivity index is 1.70. The molecule has 30 heavy (non-hydrogen) atoms. The zero-order chi connectivity index (χ0) is 21.3. The van der Waals surface area contributed by atoms with Crippen molar-refractivity contribution < 1.29 is 4.79 Å². The van der Waals surface area contributed by atoms with Crippen LogP contribution < -0.4 is 10.2 Å². The summed E-state index contributed by atoms with van der Waals surface area (Å²) in [4.78, 5) is 19.6. The first-order chi connectivity index (χ1) is 14.4. The van der Waals surface area contributed by atoms with Gasteiger partial charge in [-0.15, -0.1) is 0 Å². The Kier molecular flexibility index (Phi) is 5.57. The number of nitrogens with zero attached hydrogens (tertiary/aromatic N) is 4. The second kappa shape index (κ2) is 8.30. The molecule has 0 spiro atoms. The number of hydrogen-bond donors (Lipinski definition) is 1. The van der Waals surface area contributed by atoms with Gasteiger partial charge in [0.1, 0.15) is 6.33 Å². The van der Waals surface area contributed by atoms with Crippen molar-refractivity contribution in [2.24, 2.45) is 0 Å². The first-order valence-corrected chi connectivity index (χ1v) is 10.6. The van der Waals surface area contributed by atoms with Crippen molar-refractivity contribution in [1.82, 2.24) is 20.1 Å². The SMILES string of the molecule is CC(C)NC(=O)c1ccc2c(c1)[C@H](c1ncn(C(C)C)n1)CN2Cc1ccccc1. The molecule has 0 unspecified atom stereocenters. The lowest BCUT2D eigenvalue weighted by Gasteiger charge is -2.20. The number of anilines is 1. The summed E-state index contributed by atoms with van der Waals surface area (Å²) >= 11 is 0. The monoisotopic (exact) mass is 403 g/mol. The maximum atomic E-state index is 12.6. The van der Waals surface area contributed by atoms with Crippen molar-refractivity contribution in [3.05, 3.63) is 77.4 Å². The molecule has 0 fully saturated rings. The second-order valence-corrected chi connectivity index (χ2v) is 8.50. The number of amides is 1. The average molecular weight is 404 g/mol. The van der Waals surface area contributed by atoms with Crippen LogP contribution in [0.1, 0.15) is 67.0 Å². The van der Waals surface area contributed by atoms with E-state index < -0.39 is 0 Å². The molecule has 156 valence electrons. The summed E-state index contributed by atoms with van der Waals surface area (Å²) in [6.45, 7) is 9.73. The number of nitrogens with one attached hydrogen (secondary N) is 1. The second-order valence-electron chi connectivity index (χ2n) is 8.50. The predicted molar refractivity (Wildman–Crippen MR) is 119 cm³/mol. The van der Waals surface area contributed by atoms with Crippen LogP contribution in [-0.4, -0.2) is 33.3 Å². The van der Waals surface area contributed by atoms with Crippen LogP contribution >= 0.6 is 0 Å². The number of hydrogen-bond acceptors (Lipinski definition) is 4. The standard InChI is InChI=1S/C24H29N5O/c1-16(2)26-24(30)19-10-11-22-20(12-19)21(23-25-15-29(27-23)17(3)4)14-28(22)13-18-8-6-5-7-9-18/h5-12,15-17,21H,13-14H2,1-4H3,(H,26,30)/t21-/m1/s1. The summed E-state index contributed by atoms with van der Waals surface area (Å²) in [6.07, 6.45) is 1.80. The van der Waals surface area contributed by atoms with Gasteiger partial charge < -0.3 is 10.2 Å². The van der Waals surface area contributed by atoms with Gasteiger partial charge in [-0.25, -0.2) is 4.98 Å². The van der Waals surface area contributed by atoms with E-state index in [9.17, 15) is 4.79 Å². The number of aromatic nitrogens is 3. The van der Waals surface area contributed by atoms with Crippen molar-refractivity contribution in [2.75, 3.05) is 11.4 Å². The van der Waals surface area contributed by atoms with Crippen molar-refractivity contribution in [3.8, 4) is 0 Å². The van der Waals surface area contributed by atoms with Gasteiger partial charge >= 0.3 is 0 Å². The van der Waals surface area contributed by atoms with E-state index in [1.54, 1.807) is 6.33 Å². The van der Waals surface area contributed by atoms with Crippen molar-refractivity contribution in [1.29, 1.82) is 0 Å². The molecule has 6 nitrogen and oxygen atoms in total. The minimum absolute atomic E-state index is 0.0375. The third-order valence-corrected chi connectivity index (χ3v) is 5.41. The molecule has 2 heterocycles. The van der Waals surface area contributed by atoms with Gasteiger partial charge in [0.2, 0.25) is 0 Å². The zero-order valence-electron chi connectivity index (χ0n) is 18.0. The maximum Gasteiger partial charge on any atom is 0.251 e. The highest BCUT2D eigenvalue weighted by Gasteiger charge is 2.33. The third kappa shape index (κ3) is 4.08. The number of benzene rings is 2. The molecule has 1 aliphatic heterocycles. The normalized spacial score (nSPS) is 15.7. The molecular formula is C24H29N5O. The minimum Gasteiger partial charge on any atom is -0.366 e. The van der Waals surface area contributed by atoms with Gasteiger partial charge in [0.15, 0.2) is 5.82 Å². The number of rotatable bonds is 6. The third-order valence-electron chi connectivity index (χ3n) is 5.41. The molecule has 6 heteroatoms. The van der Waals surface area contributed by atoms with Crippen LogP contribution in [0.25, 0.3) is 0 Å². The van der Waals surface area contributed by atoms with Gasteiger partial charge in [0, 0.05) is 36.4 Å². The minimum atomic E-state index is -0.0475. The average Bonchev–Trinajstić information content (AvgIpc) is 3.33. The maximum absolute atomic E-state index is 12.6. The Morgan fingerprint density at radius 3 is 2.57 bits per heavy atom. The summed E-state index contributed by atoms with van der Waals surface area (Å²) in [5.41, 5.74) is 4.19. The first-order valence-electron chi connectivity index (χ1n) is 10.6. The predicted octanol–water partition coefficient (Wildman–Crippen LogP) is 4.15. The number of carbonyl (C=O) groups is 1. The Hall–Kier alpha value is -3.15. The molecule has 0 aliphatic carbocycles. The van der Waals surface area contributed by atoms with E-state index in [1.165, 1.54) is 5.56 Å². The van der Waals surface area contributed by atoms with Crippen LogP contribution in [0.2, 0.25) is 0 Å². The van der Waals surface area contributed by atoms with Crippen LogP contribution in [0, 0.1) is 0 Å². The number of carbonyl (C=O) groups excluding carboxylic acids is 1. The molecule has 1 N–H and O–H groups in total. The van der Waals surface area contributed by atoms with Gasteiger partial charge in [0.25, 0.3) is 5.91 Å². The van der Waals surface area contributed by atoms with Crippen LogP contribution in [0.5, 0.6) is 0 Å². The fourth-order valence-corrected chi connectivity index (χ4v) is 3.90. The van der Waals surface area contributed by atoms with E-state index in [-0.39, 0.29) is 23.9 Å². The molecule has 2 aromatic carbocycles. The van der Waals surface area contributed by atoms with Gasteiger partial charge in [0.05, 0.1) is 5.92 Å². The van der Waals surface area contributed by atoms with E-state index in [4.69, 9.17) is 5.10 Å². The smallest absolute Gasteiger partial charge is 0.251 e. The van der Waals surface area contributed by atoms with E-state index in [2.05, 4.69) is 59.4 Å². The van der Waals surface area contributed by atoms with Crippen molar-refractivity contribution in [2.45, 2.75) is 52.2 Å². The summed E-state index contributed by atoms with van der Waals surface area (Å²) in [5.74, 6) is 0.797. The molecule has 3 aromatic rings. The topological polar surface area (TPSA) is 63.1 Å². The largest absolute Gasteiger partial charge is 0.366 e. The van der Waals surface area contributed by atoms with Gasteiger partial charge in [-0.3, -0.25) is 9.48 Å². The van der Waals surface area contributed by atoms with E-state index >= 15 is 0 Å². The van der Waals surface area contributed by atoms with Crippen LogP contribution in [0.15, 0.2) is 54.9 Å². The molecule has 1 amide bonds. The Morgan fingerprint density at radius 1 is 1.13 bits per heavy atom. The lowest BCUT2D eigenvalue weighted by atomic mass is 9.98. The molecule has 1 aliphatic rings. The molecule has 1 atom stereocenters. The van der Waals surface area contributed by atoms with Crippen LogP contribution in [-0.2, 0) is 6.54 Å². The van der Waals surface area contributed by atoms with E-state index in [0.717, 1.165) is 30.2 Å². The highest BCUT2D eigenvalue weighted by atomic mass is 16.1. The summed E-state index contributed by atoms with van der Waals surface area (Å²) < 4.78 is 1.89. The molecule has 0 saturated carbocycles. The van der Waals surface area contributed by atoms with Gasteiger partial charge in [-0.1, -0.05) is 30.3 Å². The highest BCUT2D eigenvalue weighted by Crippen LogP contribution is 2.40. The lowest BCUT2D eigenvalue weighted by Crippen LogP contribution is -2.30. The van der Waals surface area contributed by atoms with Gasteiger partial charge in [-0.05, 0) is 57.0 Å². The summed E-state index contributed by atoms with van der Waals surface area (Å²) in [6, 6.07) is 16.8. The lowest BCUT2D eigenvalue weighted by molar-refractivity contribution is 0.0943.